The van der Waals surface area contributed by atoms with Crippen molar-refractivity contribution in [2.24, 2.45) is 0 Å². The number of nitrogens with one attached hydrogen (secondary N) is 1. The number of aromatic carboxylic acids is 1. The minimum absolute atomic E-state index is 0.147. The van der Waals surface area contributed by atoms with E-state index in [-0.39, 0.29) is 10.5 Å². The summed E-state index contributed by atoms with van der Waals surface area (Å²) in [6.45, 7) is 0. The number of benzene rings is 4. The Morgan fingerprint density at radius 1 is 0.697 bits per heavy atom. The molecule has 4 aromatic carbocycles. The van der Waals surface area contributed by atoms with Gasteiger partial charge in [0.25, 0.3) is 10.0 Å². The molecule has 0 aliphatic rings. The van der Waals surface area contributed by atoms with Crippen molar-refractivity contribution in [3.8, 4) is 23.0 Å². The van der Waals surface area contributed by atoms with Gasteiger partial charge in [-0.2, -0.15) is 0 Å². The SMILES string of the molecule is O=C(O)c1ccc(C#Cc2ccccc2NS(=O)(=O)c2ccc(-c3ccccc3)cc2)cc1. The highest BCUT2D eigenvalue weighted by Crippen LogP contribution is 2.23. The van der Waals surface area contributed by atoms with Crippen LogP contribution in [-0.4, -0.2) is 19.5 Å². The predicted octanol–water partition coefficient (Wildman–Crippen LogP) is 5.25. The van der Waals surface area contributed by atoms with E-state index in [4.69, 9.17) is 5.11 Å². The van der Waals surface area contributed by atoms with Crippen molar-refractivity contribution in [3.63, 3.8) is 0 Å². The predicted molar refractivity (Wildman–Crippen MR) is 129 cm³/mol. The Hall–Kier alpha value is -4.34. The first-order chi connectivity index (χ1) is 15.9. The Bertz CT molecular complexity index is 1450. The Morgan fingerprint density at radius 2 is 1.30 bits per heavy atom. The summed E-state index contributed by atoms with van der Waals surface area (Å²) in [5.41, 5.74) is 3.59. The number of carboxylic acid groups (broad SMARTS) is 1. The highest BCUT2D eigenvalue weighted by molar-refractivity contribution is 7.92. The van der Waals surface area contributed by atoms with E-state index in [1.165, 1.54) is 12.1 Å². The molecule has 0 amide bonds. The third kappa shape index (κ3) is 5.29. The molecule has 2 N–H and O–H groups in total. The Balaban J connectivity index is 1.57. The molecule has 0 saturated heterocycles. The molecule has 0 aromatic heterocycles. The van der Waals surface area contributed by atoms with Crippen LogP contribution >= 0.6 is 0 Å². The first-order valence-corrected chi connectivity index (χ1v) is 11.5. The van der Waals surface area contributed by atoms with Crippen molar-refractivity contribution in [1.82, 2.24) is 0 Å². The summed E-state index contributed by atoms with van der Waals surface area (Å²) in [5, 5.41) is 8.99. The summed E-state index contributed by atoms with van der Waals surface area (Å²) < 4.78 is 28.5. The molecule has 0 aliphatic heterocycles. The van der Waals surface area contributed by atoms with Crippen molar-refractivity contribution in [2.45, 2.75) is 4.90 Å². The third-order valence-electron chi connectivity index (χ3n) is 4.92. The molecule has 4 rings (SSSR count). The van der Waals surface area contributed by atoms with Crippen LogP contribution in [0.1, 0.15) is 21.5 Å². The van der Waals surface area contributed by atoms with Gasteiger partial charge in [-0.15, -0.1) is 0 Å². The van der Waals surface area contributed by atoms with Crippen LogP contribution in [0.4, 0.5) is 5.69 Å². The number of sulfonamides is 1. The zero-order valence-electron chi connectivity index (χ0n) is 17.4. The van der Waals surface area contributed by atoms with E-state index >= 15 is 0 Å². The summed E-state index contributed by atoms with van der Waals surface area (Å²) in [4.78, 5) is 11.1. The molecule has 0 atom stereocenters. The average molecular weight is 454 g/mol. The summed E-state index contributed by atoms with van der Waals surface area (Å²) >= 11 is 0. The molecule has 162 valence electrons. The van der Waals surface area contributed by atoms with Gasteiger partial charge >= 0.3 is 5.97 Å². The molecule has 0 aliphatic carbocycles. The number of anilines is 1. The maximum absolute atomic E-state index is 13.0. The monoisotopic (exact) mass is 453 g/mol. The number of para-hydroxylation sites is 1. The van der Waals surface area contributed by atoms with E-state index < -0.39 is 16.0 Å². The number of carbonyl (C=O) groups is 1. The van der Waals surface area contributed by atoms with Crippen LogP contribution in [0.2, 0.25) is 0 Å². The van der Waals surface area contributed by atoms with E-state index in [2.05, 4.69) is 16.6 Å². The molecule has 0 saturated carbocycles. The van der Waals surface area contributed by atoms with Gasteiger partial charge in [-0.25, -0.2) is 13.2 Å². The minimum atomic E-state index is -3.82. The van der Waals surface area contributed by atoms with Crippen LogP contribution in [0.3, 0.4) is 0 Å². The molecule has 0 heterocycles. The largest absolute Gasteiger partial charge is 0.478 e. The summed E-state index contributed by atoms with van der Waals surface area (Å²) in [6, 6.07) is 29.4. The van der Waals surface area contributed by atoms with Crippen LogP contribution in [0.15, 0.2) is 108 Å². The van der Waals surface area contributed by atoms with E-state index in [9.17, 15) is 13.2 Å². The van der Waals surface area contributed by atoms with Gasteiger partial charge in [0.1, 0.15) is 0 Å². The molecule has 0 fully saturated rings. The van der Waals surface area contributed by atoms with Crippen molar-refractivity contribution >= 4 is 21.7 Å². The molecular formula is C27H19NO4S. The number of hydrogen-bond donors (Lipinski definition) is 2. The molecule has 4 aromatic rings. The van der Waals surface area contributed by atoms with Crippen molar-refractivity contribution < 1.29 is 18.3 Å². The Morgan fingerprint density at radius 3 is 1.97 bits per heavy atom. The fourth-order valence-corrected chi connectivity index (χ4v) is 4.26. The topological polar surface area (TPSA) is 83.5 Å². The number of carboxylic acids is 1. The van der Waals surface area contributed by atoms with Crippen LogP contribution in [-0.2, 0) is 10.0 Å². The second-order valence-electron chi connectivity index (χ2n) is 7.17. The lowest BCUT2D eigenvalue weighted by atomic mass is 10.1. The lowest BCUT2D eigenvalue weighted by Crippen LogP contribution is -2.13. The zero-order valence-corrected chi connectivity index (χ0v) is 18.2. The molecule has 6 heteroatoms. The molecule has 0 unspecified atom stereocenters. The van der Waals surface area contributed by atoms with Crippen LogP contribution < -0.4 is 4.72 Å². The quantitative estimate of drug-likeness (QED) is 0.404. The number of rotatable bonds is 5. The van der Waals surface area contributed by atoms with Gasteiger partial charge < -0.3 is 5.11 Å². The normalized spacial score (nSPS) is 10.7. The molecule has 0 bridgehead atoms. The minimum Gasteiger partial charge on any atom is -0.478 e. The summed E-state index contributed by atoms with van der Waals surface area (Å²) in [6.07, 6.45) is 0. The van der Waals surface area contributed by atoms with Gasteiger partial charge in [-0.1, -0.05) is 66.4 Å². The van der Waals surface area contributed by atoms with Gasteiger partial charge in [-0.3, -0.25) is 4.72 Å². The van der Waals surface area contributed by atoms with Gasteiger partial charge in [0, 0.05) is 11.1 Å². The Labute approximate surface area is 192 Å². The first kappa shape index (κ1) is 21.9. The molecule has 33 heavy (non-hydrogen) atoms. The highest BCUT2D eigenvalue weighted by Gasteiger charge is 2.15. The van der Waals surface area contributed by atoms with Crippen LogP contribution in [0.25, 0.3) is 11.1 Å². The van der Waals surface area contributed by atoms with Crippen molar-refractivity contribution in [2.75, 3.05) is 4.72 Å². The summed E-state index contributed by atoms with van der Waals surface area (Å²) in [5.74, 6) is 4.89. The highest BCUT2D eigenvalue weighted by atomic mass is 32.2. The van der Waals surface area contributed by atoms with Crippen LogP contribution in [0, 0.1) is 11.8 Å². The second kappa shape index (κ2) is 9.43. The van der Waals surface area contributed by atoms with Crippen molar-refractivity contribution in [1.29, 1.82) is 0 Å². The molecular weight excluding hydrogens is 434 g/mol. The van der Waals surface area contributed by atoms with E-state index in [0.717, 1.165) is 11.1 Å². The average Bonchev–Trinajstić information content (AvgIpc) is 2.84. The number of hydrogen-bond acceptors (Lipinski definition) is 3. The Kier molecular flexibility index (Phi) is 6.25. The second-order valence-corrected chi connectivity index (χ2v) is 8.86. The standard InChI is InChI=1S/C27H19NO4S/c29-27(30)24-14-11-20(12-15-24)10-13-23-8-4-5-9-26(23)28-33(31,32)25-18-16-22(17-19-25)21-6-2-1-3-7-21/h1-9,11-12,14-19,28H,(H,29,30). The van der Waals surface area contributed by atoms with Crippen molar-refractivity contribution in [3.05, 3.63) is 120 Å². The lowest BCUT2D eigenvalue weighted by molar-refractivity contribution is 0.0697. The maximum atomic E-state index is 13.0. The first-order valence-electron chi connectivity index (χ1n) is 10.1. The van der Waals surface area contributed by atoms with Gasteiger partial charge in [0.15, 0.2) is 0 Å². The smallest absolute Gasteiger partial charge is 0.335 e. The fraction of sp³-hybridized carbons (Fsp3) is 0. The van der Waals surface area contributed by atoms with Gasteiger partial charge in [0.2, 0.25) is 0 Å². The maximum Gasteiger partial charge on any atom is 0.335 e. The zero-order chi connectivity index (χ0) is 23.3. The third-order valence-corrected chi connectivity index (χ3v) is 6.30. The van der Waals surface area contributed by atoms with Gasteiger partial charge in [-0.05, 0) is 59.7 Å². The molecule has 0 radical (unpaired) electrons. The van der Waals surface area contributed by atoms with E-state index in [1.807, 2.05) is 30.3 Å². The summed E-state index contributed by atoms with van der Waals surface area (Å²) in [7, 11) is -3.82. The fourth-order valence-electron chi connectivity index (χ4n) is 3.18. The van der Waals surface area contributed by atoms with E-state index in [1.54, 1.807) is 60.7 Å². The molecule has 5 nitrogen and oxygen atoms in total. The lowest BCUT2D eigenvalue weighted by Gasteiger charge is -2.10. The van der Waals surface area contributed by atoms with Gasteiger partial charge in [0.05, 0.1) is 16.1 Å². The van der Waals surface area contributed by atoms with E-state index in [0.29, 0.717) is 16.8 Å². The molecule has 0 spiro atoms. The van der Waals surface area contributed by atoms with Crippen LogP contribution in [0.5, 0.6) is 0 Å².